The van der Waals surface area contributed by atoms with Crippen molar-refractivity contribution in [2.75, 3.05) is 7.11 Å². The molecule has 6 aliphatic rings. The molecule has 1 aromatic carbocycles. The third kappa shape index (κ3) is 2.62. The predicted octanol–water partition coefficient (Wildman–Crippen LogP) is 3.57. The average molecular weight is 597 g/mol. The van der Waals surface area contributed by atoms with Gasteiger partial charge in [0, 0.05) is 23.8 Å². The fourth-order valence-electron chi connectivity index (χ4n) is 10.4. The largest absolute Gasteiger partial charge is 0.469 e. The van der Waals surface area contributed by atoms with Gasteiger partial charge in [0.1, 0.15) is 16.9 Å². The van der Waals surface area contributed by atoms with E-state index in [2.05, 4.69) is 6.58 Å². The van der Waals surface area contributed by atoms with E-state index in [1.807, 2.05) is 0 Å². The molecule has 1 spiro atoms. The first kappa shape index (κ1) is 27.3. The SMILES string of the molecule is C=C1C[C@]23C[C@@]1(OC(C)=O)CC[C@H]2[C@@]1(c2c(F)c(F)c(F)c(F)c2F)[C@@H]2C(=O)O[C@H]4[C@@H]2OC(=O)[C@@]4(C)[C@H]1[C@@H]3C(=O)OC. The smallest absolute Gasteiger partial charge is 0.316 e. The van der Waals surface area contributed by atoms with Crippen LogP contribution >= 0.6 is 0 Å². The Morgan fingerprint density at radius 3 is 2.21 bits per heavy atom. The molecule has 4 saturated carbocycles. The van der Waals surface area contributed by atoms with Crippen molar-refractivity contribution in [3.8, 4) is 0 Å². The summed E-state index contributed by atoms with van der Waals surface area (Å²) in [7, 11) is 1.06. The van der Waals surface area contributed by atoms with Crippen molar-refractivity contribution < 1.29 is 60.1 Å². The van der Waals surface area contributed by atoms with Gasteiger partial charge in [0.2, 0.25) is 5.82 Å². The van der Waals surface area contributed by atoms with Crippen molar-refractivity contribution in [2.45, 2.75) is 62.8 Å². The topological polar surface area (TPSA) is 105 Å². The summed E-state index contributed by atoms with van der Waals surface area (Å²) in [5, 5.41) is 0. The van der Waals surface area contributed by atoms with Crippen LogP contribution in [0.3, 0.4) is 0 Å². The average Bonchev–Trinajstić information content (AvgIpc) is 3.50. The van der Waals surface area contributed by atoms with E-state index in [9.17, 15) is 23.6 Å². The zero-order valence-corrected chi connectivity index (χ0v) is 22.7. The highest BCUT2D eigenvalue weighted by molar-refractivity contribution is 5.92. The summed E-state index contributed by atoms with van der Waals surface area (Å²) in [4.78, 5) is 53.3. The van der Waals surface area contributed by atoms with Gasteiger partial charge in [-0.2, -0.15) is 0 Å². The monoisotopic (exact) mass is 596 g/mol. The number of halogens is 5. The molecule has 4 aliphatic carbocycles. The van der Waals surface area contributed by atoms with Crippen LogP contribution in [0.25, 0.3) is 0 Å². The summed E-state index contributed by atoms with van der Waals surface area (Å²) < 4.78 is 98.7. The molecule has 0 amide bonds. The van der Waals surface area contributed by atoms with Gasteiger partial charge in [0.05, 0.1) is 13.0 Å². The van der Waals surface area contributed by atoms with E-state index in [1.54, 1.807) is 0 Å². The summed E-state index contributed by atoms with van der Waals surface area (Å²) in [6.45, 7) is 6.61. The molecule has 2 aliphatic heterocycles. The van der Waals surface area contributed by atoms with Crippen LogP contribution in [0.5, 0.6) is 0 Å². The second kappa shape index (κ2) is 7.90. The number of benzene rings is 1. The maximum absolute atomic E-state index is 16.1. The number of rotatable bonds is 3. The van der Waals surface area contributed by atoms with Crippen molar-refractivity contribution in [3.63, 3.8) is 0 Å². The van der Waals surface area contributed by atoms with Crippen molar-refractivity contribution in [3.05, 3.63) is 46.8 Å². The fraction of sp³-hybridized carbons (Fsp3) is 0.586. The molecule has 0 unspecified atom stereocenters. The Balaban J connectivity index is 1.63. The number of carbonyl (C=O) groups is 4. The second-order valence-electron chi connectivity index (χ2n) is 12.7. The first-order chi connectivity index (χ1) is 19.6. The lowest BCUT2D eigenvalue weighted by molar-refractivity contribution is -0.165. The third-order valence-corrected chi connectivity index (χ3v) is 11.4. The minimum Gasteiger partial charge on any atom is -0.469 e. The van der Waals surface area contributed by atoms with Gasteiger partial charge in [0.25, 0.3) is 0 Å². The predicted molar refractivity (Wildman–Crippen MR) is 126 cm³/mol. The molecule has 6 bridgehead atoms. The minimum atomic E-state index is -2.39. The van der Waals surface area contributed by atoms with Crippen molar-refractivity contribution >= 4 is 23.9 Å². The summed E-state index contributed by atoms with van der Waals surface area (Å²) in [6.07, 6.45) is -2.90. The molecule has 1 aromatic rings. The van der Waals surface area contributed by atoms with E-state index in [1.165, 1.54) is 13.8 Å². The summed E-state index contributed by atoms with van der Waals surface area (Å²) in [6, 6.07) is 0. The van der Waals surface area contributed by atoms with E-state index in [4.69, 9.17) is 18.9 Å². The van der Waals surface area contributed by atoms with Gasteiger partial charge in [0.15, 0.2) is 35.5 Å². The molecule has 0 radical (unpaired) electrons. The maximum Gasteiger partial charge on any atom is 0.316 e. The Kier molecular flexibility index (Phi) is 5.14. The minimum absolute atomic E-state index is 0.0248. The van der Waals surface area contributed by atoms with E-state index in [-0.39, 0.29) is 25.7 Å². The lowest BCUT2D eigenvalue weighted by Gasteiger charge is -2.52. The summed E-state index contributed by atoms with van der Waals surface area (Å²) in [5.41, 5.74) is -7.87. The Hall–Kier alpha value is -3.51. The fourth-order valence-corrected chi connectivity index (χ4v) is 10.4. The highest BCUT2D eigenvalue weighted by atomic mass is 19.2. The quantitative estimate of drug-likeness (QED) is 0.130. The van der Waals surface area contributed by atoms with Gasteiger partial charge in [-0.25, -0.2) is 22.0 Å². The zero-order valence-electron chi connectivity index (χ0n) is 22.7. The number of hydrogen-bond acceptors (Lipinski definition) is 8. The van der Waals surface area contributed by atoms with Crippen LogP contribution in [-0.4, -0.2) is 48.8 Å². The molecular formula is C29H25F5O8. The second-order valence-corrected chi connectivity index (χ2v) is 12.7. The molecular weight excluding hydrogens is 571 g/mol. The molecule has 6 fully saturated rings. The first-order valence-electron chi connectivity index (χ1n) is 13.5. The van der Waals surface area contributed by atoms with Crippen LogP contribution in [-0.2, 0) is 43.5 Å². The molecule has 8 nitrogen and oxygen atoms in total. The number of hydrogen-bond donors (Lipinski definition) is 0. The number of esters is 4. The van der Waals surface area contributed by atoms with Crippen molar-refractivity contribution in [1.29, 1.82) is 0 Å². The van der Waals surface area contributed by atoms with Gasteiger partial charge >= 0.3 is 23.9 Å². The molecule has 224 valence electrons. The van der Waals surface area contributed by atoms with Crippen LogP contribution in [0, 0.1) is 63.6 Å². The Morgan fingerprint density at radius 2 is 1.62 bits per heavy atom. The van der Waals surface area contributed by atoms with Crippen molar-refractivity contribution in [2.24, 2.45) is 34.5 Å². The van der Waals surface area contributed by atoms with E-state index in [0.717, 1.165) is 7.11 Å². The number of ether oxygens (including phenoxy) is 4. The lowest BCUT2D eigenvalue weighted by Crippen LogP contribution is -2.62. The molecule has 13 heteroatoms. The molecule has 0 aromatic heterocycles. The Bertz CT molecular complexity index is 1530. The standard InChI is InChI=1S/C29H25F5O8/c1-9-7-27-8-28(9,42-10(2)35)6-5-11(27)29(12-15(30)17(32)19(34)18(33)16(12)31)13-20-22(41-24(13)37)26(3,25(38)40-20)21(29)14(27)23(36)39-4/h11,13-14,20-22H,1,5-8H2,2-4H3/t11-,13+,14-,20-,21-,22+,26+,27+,28+,29-/m1/s1. The molecule has 2 heterocycles. The molecule has 42 heavy (non-hydrogen) atoms. The van der Waals surface area contributed by atoms with E-state index in [0.29, 0.717) is 5.57 Å². The van der Waals surface area contributed by atoms with E-state index >= 15 is 17.6 Å². The molecule has 0 N–H and O–H groups in total. The van der Waals surface area contributed by atoms with Gasteiger partial charge in [-0.15, -0.1) is 0 Å². The molecule has 10 atom stereocenters. The first-order valence-corrected chi connectivity index (χ1v) is 13.5. The zero-order chi connectivity index (χ0) is 30.5. The van der Waals surface area contributed by atoms with Crippen molar-refractivity contribution in [1.82, 2.24) is 0 Å². The highest BCUT2D eigenvalue weighted by Crippen LogP contribution is 2.82. The maximum atomic E-state index is 16.1. The van der Waals surface area contributed by atoms with Crippen LogP contribution in [0.1, 0.15) is 45.1 Å². The number of methoxy groups -OCH3 is 1. The van der Waals surface area contributed by atoms with Crippen LogP contribution in [0.2, 0.25) is 0 Å². The lowest BCUT2D eigenvalue weighted by atomic mass is 9.46. The summed E-state index contributed by atoms with van der Waals surface area (Å²) in [5.74, 6) is -20.6. The van der Waals surface area contributed by atoms with Gasteiger partial charge < -0.3 is 18.9 Å². The molecule has 2 saturated heterocycles. The van der Waals surface area contributed by atoms with Gasteiger partial charge in [-0.3, -0.25) is 19.2 Å². The normalized spacial score (nSPS) is 44.0. The van der Waals surface area contributed by atoms with Crippen LogP contribution < -0.4 is 0 Å². The molecule has 7 rings (SSSR count). The highest BCUT2D eigenvalue weighted by Gasteiger charge is 2.90. The number of fused-ring (bicyclic) bond motifs is 5. The van der Waals surface area contributed by atoms with Gasteiger partial charge in [-0.1, -0.05) is 6.58 Å². The Morgan fingerprint density at radius 1 is 1.00 bits per heavy atom. The Labute approximate surface area is 235 Å². The van der Waals surface area contributed by atoms with Crippen LogP contribution in [0.4, 0.5) is 22.0 Å². The third-order valence-electron chi connectivity index (χ3n) is 11.4. The van der Waals surface area contributed by atoms with Gasteiger partial charge in [-0.05, 0) is 49.5 Å². The van der Waals surface area contributed by atoms with E-state index < -0.39 is 116 Å². The summed E-state index contributed by atoms with van der Waals surface area (Å²) >= 11 is 0. The number of carbonyl (C=O) groups excluding carboxylic acids is 4. The van der Waals surface area contributed by atoms with Crippen LogP contribution in [0.15, 0.2) is 12.2 Å².